The van der Waals surface area contributed by atoms with E-state index >= 15 is 0 Å². The van der Waals surface area contributed by atoms with Gasteiger partial charge in [-0.2, -0.15) is 10.1 Å². The van der Waals surface area contributed by atoms with E-state index in [4.69, 9.17) is 4.98 Å². The largest absolute Gasteiger partial charge is 0.335 e. The minimum absolute atomic E-state index is 0.0561. The predicted molar refractivity (Wildman–Crippen MR) is 110 cm³/mol. The van der Waals surface area contributed by atoms with Crippen LogP contribution < -0.4 is 10.5 Å². The van der Waals surface area contributed by atoms with E-state index < -0.39 is 0 Å². The summed E-state index contributed by atoms with van der Waals surface area (Å²) < 4.78 is 15.5. The van der Waals surface area contributed by atoms with Crippen LogP contribution in [0.4, 0.5) is 10.3 Å². The molecule has 1 fully saturated rings. The molecule has 2 unspecified atom stereocenters. The van der Waals surface area contributed by atoms with Crippen molar-refractivity contribution in [1.82, 2.24) is 19.7 Å². The zero-order valence-corrected chi connectivity index (χ0v) is 15.9. The standard InChI is InChI=1S/C22H20FN5O/c1-14-10-11-27(19(14)15-6-5-7-16(23)12-15)22-25-20-18(21(29)26-22)13-24-28(20)17-8-3-2-4-9-17/h2-9,12-14,19H,10-11H2,1H3,(H,25,26,29). The SMILES string of the molecule is CC1CCN(c2nc3c(cnn3-c3ccccc3)c(=O)[nH]2)C1c1cccc(F)c1. The molecule has 146 valence electrons. The summed E-state index contributed by atoms with van der Waals surface area (Å²) in [5.74, 6) is 0.524. The lowest BCUT2D eigenvalue weighted by Gasteiger charge is -2.28. The maximum Gasteiger partial charge on any atom is 0.263 e. The Bertz CT molecular complexity index is 1230. The normalized spacial score (nSPS) is 19.2. The van der Waals surface area contributed by atoms with E-state index in [2.05, 4.69) is 21.9 Å². The number of halogens is 1. The molecule has 6 nitrogen and oxygen atoms in total. The number of rotatable bonds is 3. The molecule has 3 heterocycles. The average Bonchev–Trinajstić information content (AvgIpc) is 3.32. The molecule has 1 aliphatic heterocycles. The van der Waals surface area contributed by atoms with Crippen LogP contribution in [0.15, 0.2) is 65.6 Å². The first kappa shape index (κ1) is 17.6. The first-order valence-electron chi connectivity index (χ1n) is 9.67. The minimum Gasteiger partial charge on any atom is -0.335 e. The summed E-state index contributed by atoms with van der Waals surface area (Å²) in [5, 5.41) is 4.80. The van der Waals surface area contributed by atoms with Gasteiger partial charge in [-0.05, 0) is 42.2 Å². The number of fused-ring (bicyclic) bond motifs is 1. The van der Waals surface area contributed by atoms with Gasteiger partial charge in [0.1, 0.15) is 11.2 Å². The zero-order chi connectivity index (χ0) is 20.0. The number of anilines is 1. The molecule has 2 aromatic carbocycles. The maximum absolute atomic E-state index is 13.8. The molecule has 1 saturated heterocycles. The van der Waals surface area contributed by atoms with Crippen molar-refractivity contribution in [3.8, 4) is 5.69 Å². The average molecular weight is 389 g/mol. The van der Waals surface area contributed by atoms with Crippen molar-refractivity contribution in [2.45, 2.75) is 19.4 Å². The summed E-state index contributed by atoms with van der Waals surface area (Å²) >= 11 is 0. The van der Waals surface area contributed by atoms with Crippen LogP contribution >= 0.6 is 0 Å². The molecule has 29 heavy (non-hydrogen) atoms. The second-order valence-corrected chi connectivity index (χ2v) is 7.48. The molecule has 0 amide bonds. The first-order chi connectivity index (χ1) is 14.1. The van der Waals surface area contributed by atoms with Gasteiger partial charge in [0.2, 0.25) is 5.95 Å². The summed E-state index contributed by atoms with van der Waals surface area (Å²) in [6.45, 7) is 2.87. The number of aromatic nitrogens is 4. The van der Waals surface area contributed by atoms with Crippen LogP contribution in [0.1, 0.15) is 24.9 Å². The molecular weight excluding hydrogens is 369 g/mol. The third-order valence-electron chi connectivity index (χ3n) is 5.59. The molecule has 0 bridgehead atoms. The molecule has 1 N–H and O–H groups in total. The van der Waals surface area contributed by atoms with Crippen molar-refractivity contribution in [1.29, 1.82) is 0 Å². The van der Waals surface area contributed by atoms with Gasteiger partial charge in [-0.25, -0.2) is 9.07 Å². The molecule has 2 aromatic heterocycles. The molecule has 4 aromatic rings. The summed E-state index contributed by atoms with van der Waals surface area (Å²) in [4.78, 5) is 22.5. The van der Waals surface area contributed by atoms with E-state index in [9.17, 15) is 9.18 Å². The molecule has 7 heteroatoms. The van der Waals surface area contributed by atoms with Gasteiger partial charge in [-0.1, -0.05) is 37.3 Å². The Balaban J connectivity index is 1.64. The monoisotopic (exact) mass is 389 g/mol. The van der Waals surface area contributed by atoms with E-state index in [1.54, 1.807) is 16.8 Å². The van der Waals surface area contributed by atoms with Gasteiger partial charge in [-0.15, -0.1) is 0 Å². The third kappa shape index (κ3) is 2.99. The fraction of sp³-hybridized carbons (Fsp3) is 0.227. The summed E-state index contributed by atoms with van der Waals surface area (Å²) in [6, 6.07) is 16.2. The maximum atomic E-state index is 13.8. The van der Waals surface area contributed by atoms with Crippen LogP contribution in [0.2, 0.25) is 0 Å². The number of H-pyrrole nitrogens is 1. The Labute approximate surface area is 166 Å². The van der Waals surface area contributed by atoms with Gasteiger partial charge in [-0.3, -0.25) is 9.78 Å². The Kier molecular flexibility index (Phi) is 4.16. The highest BCUT2D eigenvalue weighted by molar-refractivity contribution is 5.76. The summed E-state index contributed by atoms with van der Waals surface area (Å²) in [6.07, 6.45) is 2.47. The molecule has 1 aliphatic rings. The van der Waals surface area contributed by atoms with Crippen LogP contribution in [0.3, 0.4) is 0 Å². The lowest BCUT2D eigenvalue weighted by Crippen LogP contribution is -2.28. The van der Waals surface area contributed by atoms with Gasteiger partial charge in [0.25, 0.3) is 5.56 Å². The summed E-state index contributed by atoms with van der Waals surface area (Å²) in [7, 11) is 0. The highest BCUT2D eigenvalue weighted by atomic mass is 19.1. The van der Waals surface area contributed by atoms with E-state index in [-0.39, 0.29) is 17.4 Å². The molecular formula is C22H20FN5O. The highest BCUT2D eigenvalue weighted by Crippen LogP contribution is 2.39. The van der Waals surface area contributed by atoms with Crippen molar-refractivity contribution < 1.29 is 4.39 Å². The van der Waals surface area contributed by atoms with Crippen LogP contribution in [-0.4, -0.2) is 26.3 Å². The van der Waals surface area contributed by atoms with Crippen LogP contribution in [0, 0.1) is 11.7 Å². The van der Waals surface area contributed by atoms with Crippen molar-refractivity contribution in [3.63, 3.8) is 0 Å². The van der Waals surface area contributed by atoms with E-state index in [1.807, 2.05) is 36.4 Å². The summed E-state index contributed by atoms with van der Waals surface area (Å²) in [5.41, 5.74) is 1.99. The predicted octanol–water partition coefficient (Wildman–Crippen LogP) is 3.84. The van der Waals surface area contributed by atoms with Crippen molar-refractivity contribution >= 4 is 17.0 Å². The lowest BCUT2D eigenvalue weighted by molar-refractivity contribution is 0.524. The number of hydrogen-bond acceptors (Lipinski definition) is 4. The number of nitrogens with one attached hydrogen (secondary N) is 1. The van der Waals surface area contributed by atoms with Crippen LogP contribution in [0.5, 0.6) is 0 Å². The highest BCUT2D eigenvalue weighted by Gasteiger charge is 2.34. The topological polar surface area (TPSA) is 66.8 Å². The first-order valence-corrected chi connectivity index (χ1v) is 9.67. The number of nitrogens with zero attached hydrogens (tertiary/aromatic N) is 4. The Morgan fingerprint density at radius 1 is 1.14 bits per heavy atom. The van der Waals surface area contributed by atoms with Gasteiger partial charge in [0.15, 0.2) is 5.65 Å². The van der Waals surface area contributed by atoms with Gasteiger partial charge in [0, 0.05) is 6.54 Å². The molecule has 5 rings (SSSR count). The Morgan fingerprint density at radius 3 is 2.76 bits per heavy atom. The van der Waals surface area contributed by atoms with Crippen molar-refractivity contribution in [2.24, 2.45) is 5.92 Å². The van der Waals surface area contributed by atoms with Crippen LogP contribution in [0.25, 0.3) is 16.7 Å². The molecule has 0 spiro atoms. The fourth-order valence-corrected chi connectivity index (χ4v) is 4.18. The number of benzene rings is 2. The van der Waals surface area contributed by atoms with E-state index in [0.29, 0.717) is 22.9 Å². The van der Waals surface area contributed by atoms with Crippen molar-refractivity contribution in [2.75, 3.05) is 11.4 Å². The Hall–Kier alpha value is -3.48. The number of aromatic amines is 1. The fourth-order valence-electron chi connectivity index (χ4n) is 4.18. The molecule has 0 saturated carbocycles. The number of para-hydroxylation sites is 1. The van der Waals surface area contributed by atoms with Crippen LogP contribution in [-0.2, 0) is 0 Å². The molecule has 0 radical (unpaired) electrons. The second kappa shape index (κ2) is 6.84. The number of hydrogen-bond donors (Lipinski definition) is 1. The lowest BCUT2D eigenvalue weighted by atomic mass is 9.95. The third-order valence-corrected chi connectivity index (χ3v) is 5.59. The van der Waals surface area contributed by atoms with Gasteiger partial charge >= 0.3 is 0 Å². The minimum atomic E-state index is -0.263. The van der Waals surface area contributed by atoms with Gasteiger partial charge in [0.05, 0.1) is 17.9 Å². The second-order valence-electron chi connectivity index (χ2n) is 7.48. The zero-order valence-electron chi connectivity index (χ0n) is 15.9. The van der Waals surface area contributed by atoms with E-state index in [0.717, 1.165) is 24.2 Å². The molecule has 2 atom stereocenters. The van der Waals surface area contributed by atoms with E-state index in [1.165, 1.54) is 12.3 Å². The molecule has 0 aliphatic carbocycles. The van der Waals surface area contributed by atoms with Gasteiger partial charge < -0.3 is 4.90 Å². The quantitative estimate of drug-likeness (QED) is 0.578. The Morgan fingerprint density at radius 2 is 1.97 bits per heavy atom. The smallest absolute Gasteiger partial charge is 0.263 e. The van der Waals surface area contributed by atoms with Crippen molar-refractivity contribution in [3.05, 3.63) is 82.5 Å².